The van der Waals surface area contributed by atoms with E-state index >= 15 is 0 Å². The van der Waals surface area contributed by atoms with E-state index in [9.17, 15) is 9.59 Å². The number of aromatic nitrogens is 2. The molecule has 19 heavy (non-hydrogen) atoms. The van der Waals surface area contributed by atoms with E-state index in [1.54, 1.807) is 17.1 Å². The van der Waals surface area contributed by atoms with Gasteiger partial charge < -0.3 is 15.3 Å². The number of urea groups is 1. The molecule has 2 amide bonds. The maximum absolute atomic E-state index is 12.0. The van der Waals surface area contributed by atoms with Gasteiger partial charge in [-0.3, -0.25) is 9.48 Å². The Kier molecular flexibility index (Phi) is 5.35. The molecule has 2 N–H and O–H groups in total. The summed E-state index contributed by atoms with van der Waals surface area (Å²) in [6.07, 6.45) is 3.23. The van der Waals surface area contributed by atoms with Gasteiger partial charge in [0, 0.05) is 25.3 Å². The number of nitrogens with one attached hydrogen (secondary N) is 1. The molecule has 1 heterocycles. The molecule has 0 spiro atoms. The summed E-state index contributed by atoms with van der Waals surface area (Å²) in [6, 6.07) is -0.382. The molecule has 0 aliphatic carbocycles. The molecule has 0 fully saturated rings. The highest BCUT2D eigenvalue weighted by molar-refractivity contribution is 5.89. The van der Waals surface area contributed by atoms with Crippen molar-refractivity contribution >= 4 is 17.7 Å². The van der Waals surface area contributed by atoms with E-state index in [0.717, 1.165) is 6.54 Å². The highest BCUT2D eigenvalue weighted by Gasteiger charge is 2.18. The van der Waals surface area contributed by atoms with E-state index in [2.05, 4.69) is 10.4 Å². The predicted molar refractivity (Wildman–Crippen MR) is 71.0 cm³/mol. The fourth-order valence-electron chi connectivity index (χ4n) is 1.61. The molecule has 7 nitrogen and oxygen atoms in total. The molecular formula is C12H20N4O3. The van der Waals surface area contributed by atoms with Gasteiger partial charge in [-0.15, -0.1) is 0 Å². The highest BCUT2D eigenvalue weighted by Crippen LogP contribution is 2.08. The first-order valence-corrected chi connectivity index (χ1v) is 6.26. The number of amides is 2. The van der Waals surface area contributed by atoms with Gasteiger partial charge in [-0.1, -0.05) is 0 Å². The van der Waals surface area contributed by atoms with Gasteiger partial charge in [0.1, 0.15) is 0 Å². The molecule has 0 saturated heterocycles. The third kappa shape index (κ3) is 4.61. The quantitative estimate of drug-likeness (QED) is 0.820. The normalized spacial score (nSPS) is 10.5. The Labute approximate surface area is 112 Å². The third-order valence-electron chi connectivity index (χ3n) is 2.66. The van der Waals surface area contributed by atoms with E-state index in [1.807, 2.05) is 20.8 Å². The van der Waals surface area contributed by atoms with Crippen molar-refractivity contribution in [2.24, 2.45) is 0 Å². The topological polar surface area (TPSA) is 87.5 Å². The van der Waals surface area contributed by atoms with Crippen molar-refractivity contribution in [2.45, 2.75) is 39.8 Å². The van der Waals surface area contributed by atoms with Crippen LogP contribution in [0.3, 0.4) is 0 Å². The van der Waals surface area contributed by atoms with Crippen molar-refractivity contribution in [3.05, 3.63) is 12.4 Å². The number of hydrogen-bond acceptors (Lipinski definition) is 3. The maximum Gasteiger partial charge on any atom is 0.322 e. The van der Waals surface area contributed by atoms with Gasteiger partial charge in [0.2, 0.25) is 0 Å². The van der Waals surface area contributed by atoms with Crippen molar-refractivity contribution in [1.82, 2.24) is 14.7 Å². The smallest absolute Gasteiger partial charge is 0.322 e. The van der Waals surface area contributed by atoms with Crippen LogP contribution in [0.15, 0.2) is 12.4 Å². The van der Waals surface area contributed by atoms with Crippen molar-refractivity contribution in [3.8, 4) is 0 Å². The van der Waals surface area contributed by atoms with Gasteiger partial charge >= 0.3 is 12.0 Å². The average molecular weight is 268 g/mol. The summed E-state index contributed by atoms with van der Waals surface area (Å²) in [6.45, 7) is 6.54. The van der Waals surface area contributed by atoms with Gasteiger partial charge in [0.05, 0.1) is 18.3 Å². The molecule has 0 bridgehead atoms. The van der Waals surface area contributed by atoms with Crippen molar-refractivity contribution < 1.29 is 14.7 Å². The van der Waals surface area contributed by atoms with Crippen LogP contribution in [0.5, 0.6) is 0 Å². The number of hydrogen-bond donors (Lipinski definition) is 2. The van der Waals surface area contributed by atoms with Gasteiger partial charge in [-0.05, 0) is 20.8 Å². The van der Waals surface area contributed by atoms with Crippen LogP contribution in [0.25, 0.3) is 0 Å². The molecule has 106 valence electrons. The van der Waals surface area contributed by atoms with E-state index in [4.69, 9.17) is 5.11 Å². The lowest BCUT2D eigenvalue weighted by atomic mass is 10.3. The number of aryl methyl sites for hydroxylation is 1. The molecular weight excluding hydrogens is 248 g/mol. The predicted octanol–water partition coefficient (Wildman–Crippen LogP) is 1.62. The minimum Gasteiger partial charge on any atom is -0.481 e. The first-order chi connectivity index (χ1) is 8.93. The number of anilines is 1. The average Bonchev–Trinajstić information content (AvgIpc) is 2.76. The van der Waals surface area contributed by atoms with E-state index in [-0.39, 0.29) is 25.0 Å². The van der Waals surface area contributed by atoms with Crippen LogP contribution in [0.4, 0.5) is 10.5 Å². The standard InChI is InChI=1S/C12H20N4O3/c1-4-15-8-10(7-13-15)14-12(19)16(9(2)3)6-5-11(17)18/h7-9H,4-6H2,1-3H3,(H,14,19)(H,17,18). The largest absolute Gasteiger partial charge is 0.481 e. The summed E-state index contributed by atoms with van der Waals surface area (Å²) in [5, 5.41) is 15.4. The number of rotatable bonds is 6. The maximum atomic E-state index is 12.0. The number of carbonyl (C=O) groups is 2. The van der Waals surface area contributed by atoms with Gasteiger partial charge in [-0.2, -0.15) is 5.10 Å². The van der Waals surface area contributed by atoms with Crippen molar-refractivity contribution in [3.63, 3.8) is 0 Å². The molecule has 1 aromatic heterocycles. The second-order valence-electron chi connectivity index (χ2n) is 4.45. The first-order valence-electron chi connectivity index (χ1n) is 6.26. The molecule has 1 rings (SSSR count). The number of carboxylic acid groups (broad SMARTS) is 1. The summed E-state index contributed by atoms with van der Waals surface area (Å²) in [7, 11) is 0. The number of aliphatic carboxylic acids is 1. The van der Waals surface area contributed by atoms with Crippen LogP contribution in [0, 0.1) is 0 Å². The molecule has 1 aromatic rings. The Morgan fingerprint density at radius 1 is 1.53 bits per heavy atom. The van der Waals surface area contributed by atoms with Gasteiger partial charge in [0.15, 0.2) is 0 Å². The van der Waals surface area contributed by atoms with Crippen LogP contribution in [0.2, 0.25) is 0 Å². The Hall–Kier alpha value is -2.05. The summed E-state index contributed by atoms with van der Waals surface area (Å²) < 4.78 is 1.70. The third-order valence-corrected chi connectivity index (χ3v) is 2.66. The second kappa shape index (κ2) is 6.77. The van der Waals surface area contributed by atoms with E-state index < -0.39 is 5.97 Å². The number of carboxylic acids is 1. The fourth-order valence-corrected chi connectivity index (χ4v) is 1.61. The van der Waals surface area contributed by atoms with Crippen molar-refractivity contribution in [2.75, 3.05) is 11.9 Å². The summed E-state index contributed by atoms with van der Waals surface area (Å²) in [5.41, 5.74) is 0.604. The highest BCUT2D eigenvalue weighted by atomic mass is 16.4. The molecule has 0 aliphatic rings. The molecule has 0 aliphatic heterocycles. The lowest BCUT2D eigenvalue weighted by Crippen LogP contribution is -2.41. The Morgan fingerprint density at radius 3 is 2.68 bits per heavy atom. The zero-order valence-corrected chi connectivity index (χ0v) is 11.5. The second-order valence-corrected chi connectivity index (χ2v) is 4.45. The van der Waals surface area contributed by atoms with Crippen LogP contribution < -0.4 is 5.32 Å². The first kappa shape index (κ1) is 15.0. The number of carbonyl (C=O) groups excluding carboxylic acids is 1. The molecule has 0 saturated carbocycles. The molecule has 0 aromatic carbocycles. The molecule has 0 radical (unpaired) electrons. The molecule has 7 heteroatoms. The Balaban J connectivity index is 2.63. The Bertz CT molecular complexity index is 442. The summed E-state index contributed by atoms with van der Waals surface area (Å²) in [4.78, 5) is 24.1. The van der Waals surface area contributed by atoms with Crippen molar-refractivity contribution in [1.29, 1.82) is 0 Å². The van der Waals surface area contributed by atoms with Gasteiger partial charge in [-0.25, -0.2) is 4.79 Å². The fraction of sp³-hybridized carbons (Fsp3) is 0.583. The zero-order valence-electron chi connectivity index (χ0n) is 11.5. The summed E-state index contributed by atoms with van der Waals surface area (Å²) >= 11 is 0. The van der Waals surface area contributed by atoms with E-state index in [1.165, 1.54) is 4.90 Å². The minimum absolute atomic E-state index is 0.0689. The van der Waals surface area contributed by atoms with Crippen LogP contribution in [-0.4, -0.2) is 44.4 Å². The van der Waals surface area contributed by atoms with Crippen LogP contribution >= 0.6 is 0 Å². The van der Waals surface area contributed by atoms with Gasteiger partial charge in [0.25, 0.3) is 0 Å². The van der Waals surface area contributed by atoms with Crippen LogP contribution in [0.1, 0.15) is 27.2 Å². The SMILES string of the molecule is CCn1cc(NC(=O)N(CCC(=O)O)C(C)C)cn1. The molecule has 0 atom stereocenters. The lowest BCUT2D eigenvalue weighted by molar-refractivity contribution is -0.137. The Morgan fingerprint density at radius 2 is 2.21 bits per heavy atom. The number of nitrogens with zero attached hydrogens (tertiary/aromatic N) is 3. The summed E-state index contributed by atoms with van der Waals surface area (Å²) in [5.74, 6) is -0.919. The minimum atomic E-state index is -0.919. The van der Waals surface area contributed by atoms with Crippen LogP contribution in [-0.2, 0) is 11.3 Å². The van der Waals surface area contributed by atoms with E-state index in [0.29, 0.717) is 5.69 Å². The monoisotopic (exact) mass is 268 g/mol. The zero-order chi connectivity index (χ0) is 14.4. The lowest BCUT2D eigenvalue weighted by Gasteiger charge is -2.26. The molecule has 0 unspecified atom stereocenters.